The Balaban J connectivity index is 1.35. The maximum absolute atomic E-state index is 14.5. The van der Waals surface area contributed by atoms with E-state index < -0.39 is 73.7 Å². The second-order valence-corrected chi connectivity index (χ2v) is 19.6. The molecule has 0 spiro atoms. The molecule has 0 unspecified atom stereocenters. The van der Waals surface area contributed by atoms with E-state index in [0.717, 1.165) is 38.5 Å². The van der Waals surface area contributed by atoms with Crippen molar-refractivity contribution in [3.8, 4) is 0 Å². The molecule has 3 saturated carbocycles. The van der Waals surface area contributed by atoms with Gasteiger partial charge in [-0.1, -0.05) is 79.2 Å². The predicted molar refractivity (Wildman–Crippen MR) is 191 cm³/mol. The third-order valence-corrected chi connectivity index (χ3v) is 14.7. The number of nitrogens with zero attached hydrogens (tertiary/aromatic N) is 1. The number of urea groups is 1. The van der Waals surface area contributed by atoms with Crippen LogP contribution in [0.4, 0.5) is 4.79 Å². The van der Waals surface area contributed by atoms with Gasteiger partial charge in [0.05, 0.1) is 22.6 Å². The fraction of sp³-hybridized carbons (Fsp3) is 0.811. The first-order valence-electron chi connectivity index (χ1n) is 18.8. The Morgan fingerprint density at radius 2 is 1.64 bits per heavy atom. The van der Waals surface area contributed by atoms with Crippen LogP contribution in [0.5, 0.6) is 0 Å². The Bertz CT molecular complexity index is 1460. The van der Waals surface area contributed by atoms with Gasteiger partial charge in [-0.05, 0) is 67.1 Å². The molecule has 4 N–H and O–H groups in total. The maximum atomic E-state index is 14.5. The Hall–Kier alpha value is -2.96. The molecule has 0 aromatic heterocycles. The molecular formula is C37H59N5O7S. The lowest BCUT2D eigenvalue weighted by molar-refractivity contribution is -0.145. The molecule has 3 aliphatic carbocycles. The van der Waals surface area contributed by atoms with Gasteiger partial charge in [-0.15, -0.1) is 6.58 Å². The SMILES string of the molecule is C=CCNC(=O)C(=O)[C@H](CCC1CC1)NC(=O)[C@@H]1[C@H]2[C@@H](CN1C(=O)[C@@H](NC(=O)NC1([C@H]3CCCCS3(=O)=O)CCCCC1)C(C)(C)C)C2(C)C. The standard InChI is InChI=1S/C37H59N5O7S/c1-7-20-38-32(45)29(43)25(17-16-23-14-15-23)39-31(44)28-27-24(36(27,5)6)22-42(28)33(46)30(35(2,3)4)40-34(47)41-37(18-10-8-11-19-37)26-13-9-12-21-50(26,48)49/h7,23-28,30H,1,8-22H2,2-6H3,(H,38,45)(H,39,44)(H2,40,41,47)/t24-,25+,26-,27-,28+,30-/m1/s1. The van der Waals surface area contributed by atoms with Gasteiger partial charge in [0.1, 0.15) is 12.1 Å². The van der Waals surface area contributed by atoms with Gasteiger partial charge in [0.15, 0.2) is 9.84 Å². The minimum absolute atomic E-state index is 0.0650. The molecule has 12 nitrogen and oxygen atoms in total. The van der Waals surface area contributed by atoms with E-state index in [-0.39, 0.29) is 29.5 Å². The Morgan fingerprint density at radius 1 is 0.960 bits per heavy atom. The van der Waals surface area contributed by atoms with E-state index in [4.69, 9.17) is 0 Å². The third-order valence-electron chi connectivity index (χ3n) is 12.3. The molecule has 5 amide bonds. The Labute approximate surface area is 298 Å². The lowest BCUT2D eigenvalue weighted by atomic mass is 9.77. The first-order valence-corrected chi connectivity index (χ1v) is 20.5. The minimum atomic E-state index is -3.39. The van der Waals surface area contributed by atoms with Crippen molar-refractivity contribution < 1.29 is 32.4 Å². The summed E-state index contributed by atoms with van der Waals surface area (Å²) in [5.41, 5.74) is -1.84. The lowest BCUT2D eigenvalue weighted by Crippen LogP contribution is -2.66. The smallest absolute Gasteiger partial charge is 0.315 e. The summed E-state index contributed by atoms with van der Waals surface area (Å²) in [7, 11) is -3.39. The molecule has 13 heteroatoms. The molecule has 2 heterocycles. The number of hydrogen-bond donors (Lipinski definition) is 4. The van der Waals surface area contributed by atoms with Crippen molar-refractivity contribution in [2.45, 2.75) is 141 Å². The molecule has 0 radical (unpaired) electrons. The average molecular weight is 718 g/mol. The summed E-state index contributed by atoms with van der Waals surface area (Å²) in [5, 5.41) is 10.8. The molecule has 0 aromatic rings. The van der Waals surface area contributed by atoms with E-state index >= 15 is 0 Å². The van der Waals surface area contributed by atoms with Crippen LogP contribution < -0.4 is 21.3 Å². The average Bonchev–Trinajstić information content (AvgIpc) is 3.91. The highest BCUT2D eigenvalue weighted by molar-refractivity contribution is 7.92. The van der Waals surface area contributed by atoms with Crippen LogP contribution in [0.25, 0.3) is 0 Å². The highest BCUT2D eigenvalue weighted by Gasteiger charge is 2.70. The first-order chi connectivity index (χ1) is 23.4. The molecule has 5 fully saturated rings. The van der Waals surface area contributed by atoms with Crippen molar-refractivity contribution in [3.05, 3.63) is 12.7 Å². The Morgan fingerprint density at radius 3 is 2.24 bits per heavy atom. The van der Waals surface area contributed by atoms with Gasteiger partial charge in [-0.25, -0.2) is 13.2 Å². The van der Waals surface area contributed by atoms with E-state index in [1.54, 1.807) is 4.90 Å². The zero-order valence-electron chi connectivity index (χ0n) is 30.6. The van der Waals surface area contributed by atoms with Crippen LogP contribution in [0, 0.1) is 28.6 Å². The molecule has 2 saturated heterocycles. The zero-order chi connectivity index (χ0) is 36.6. The second-order valence-electron chi connectivity index (χ2n) is 17.3. The summed E-state index contributed by atoms with van der Waals surface area (Å²) in [5.74, 6) is -1.85. The van der Waals surface area contributed by atoms with Crippen LogP contribution in [-0.2, 0) is 29.0 Å². The molecule has 6 atom stereocenters. The largest absolute Gasteiger partial charge is 0.346 e. The van der Waals surface area contributed by atoms with Gasteiger partial charge in [0.2, 0.25) is 17.6 Å². The number of Topliss-reactive ketones (excluding diaryl/α,β-unsaturated/α-hetero) is 1. The monoisotopic (exact) mass is 717 g/mol. The van der Waals surface area contributed by atoms with Gasteiger partial charge in [0, 0.05) is 13.1 Å². The molecule has 50 heavy (non-hydrogen) atoms. The fourth-order valence-electron chi connectivity index (χ4n) is 9.05. The van der Waals surface area contributed by atoms with Gasteiger partial charge in [-0.2, -0.15) is 0 Å². The van der Waals surface area contributed by atoms with Crippen molar-refractivity contribution in [3.63, 3.8) is 0 Å². The fourth-order valence-corrected chi connectivity index (χ4v) is 11.4. The number of likely N-dealkylation sites (tertiary alicyclic amines) is 1. The Kier molecular flexibility index (Phi) is 11.2. The molecule has 2 aliphatic heterocycles. The van der Waals surface area contributed by atoms with Crippen molar-refractivity contribution >= 4 is 39.4 Å². The van der Waals surface area contributed by atoms with Crippen LogP contribution in [0.15, 0.2) is 12.7 Å². The topological polar surface area (TPSA) is 171 Å². The predicted octanol–water partition coefficient (Wildman–Crippen LogP) is 3.40. The number of carbonyl (C=O) groups is 5. The van der Waals surface area contributed by atoms with Crippen molar-refractivity contribution in [1.82, 2.24) is 26.2 Å². The number of ketones is 1. The second kappa shape index (κ2) is 14.6. The lowest BCUT2D eigenvalue weighted by Gasteiger charge is -2.45. The first kappa shape index (κ1) is 38.3. The summed E-state index contributed by atoms with van der Waals surface area (Å²) in [6, 6.07) is -3.49. The van der Waals surface area contributed by atoms with Gasteiger partial charge >= 0.3 is 6.03 Å². The maximum Gasteiger partial charge on any atom is 0.315 e. The number of rotatable bonds is 13. The van der Waals surface area contributed by atoms with Crippen molar-refractivity contribution in [2.24, 2.45) is 28.6 Å². The summed E-state index contributed by atoms with van der Waals surface area (Å²) in [6.07, 6.45) is 10.3. The van der Waals surface area contributed by atoms with Crippen molar-refractivity contribution in [2.75, 3.05) is 18.8 Å². The van der Waals surface area contributed by atoms with Gasteiger partial charge in [0.25, 0.3) is 5.91 Å². The van der Waals surface area contributed by atoms with E-state index in [9.17, 15) is 32.4 Å². The third kappa shape index (κ3) is 8.07. The summed E-state index contributed by atoms with van der Waals surface area (Å²) < 4.78 is 26.6. The quantitative estimate of drug-likeness (QED) is 0.167. The van der Waals surface area contributed by atoms with Crippen LogP contribution in [0.3, 0.4) is 0 Å². The van der Waals surface area contributed by atoms with Gasteiger partial charge < -0.3 is 26.2 Å². The number of sulfone groups is 1. The van der Waals surface area contributed by atoms with E-state index in [0.29, 0.717) is 51.0 Å². The highest BCUT2D eigenvalue weighted by atomic mass is 32.2. The normalized spacial score (nSPS) is 29.0. The minimum Gasteiger partial charge on any atom is -0.346 e. The summed E-state index contributed by atoms with van der Waals surface area (Å²) >= 11 is 0. The van der Waals surface area contributed by atoms with E-state index in [1.165, 1.54) is 6.08 Å². The van der Waals surface area contributed by atoms with E-state index in [1.807, 2.05) is 20.8 Å². The number of piperidine rings is 1. The number of fused-ring (bicyclic) bond motifs is 1. The van der Waals surface area contributed by atoms with Crippen molar-refractivity contribution in [1.29, 1.82) is 0 Å². The summed E-state index contributed by atoms with van der Waals surface area (Å²) in [6.45, 7) is 13.7. The van der Waals surface area contributed by atoms with Crippen LogP contribution in [0.2, 0.25) is 0 Å². The molecule has 5 aliphatic rings. The van der Waals surface area contributed by atoms with Crippen LogP contribution >= 0.6 is 0 Å². The molecule has 5 rings (SSSR count). The van der Waals surface area contributed by atoms with Gasteiger partial charge in [-0.3, -0.25) is 19.2 Å². The number of hydrogen-bond acceptors (Lipinski definition) is 7. The number of nitrogens with one attached hydrogen (secondary N) is 4. The van der Waals surface area contributed by atoms with Crippen LogP contribution in [0.1, 0.15) is 112 Å². The number of amides is 5. The zero-order valence-corrected chi connectivity index (χ0v) is 31.5. The molecule has 0 aromatic carbocycles. The van der Waals surface area contributed by atoms with E-state index in [2.05, 4.69) is 41.7 Å². The molecular weight excluding hydrogens is 659 g/mol. The summed E-state index contributed by atoms with van der Waals surface area (Å²) in [4.78, 5) is 70.0. The molecule has 280 valence electrons. The molecule has 0 bridgehead atoms. The number of carbonyl (C=O) groups excluding carboxylic acids is 5. The highest BCUT2D eigenvalue weighted by Crippen LogP contribution is 2.65. The van der Waals surface area contributed by atoms with Crippen LogP contribution in [-0.4, -0.2) is 90.6 Å².